The molecule has 1 aliphatic heterocycles. The molecule has 0 spiro atoms. The zero-order chi connectivity index (χ0) is 16.8. The molecule has 0 aromatic heterocycles. The second-order valence-corrected chi connectivity index (χ2v) is 5.91. The molecule has 1 saturated heterocycles. The minimum Gasteiger partial charge on any atom is -0.380 e. The van der Waals surface area contributed by atoms with Gasteiger partial charge in [-0.05, 0) is 24.3 Å². The van der Waals surface area contributed by atoms with Gasteiger partial charge in [-0.1, -0.05) is 11.6 Å². The van der Waals surface area contributed by atoms with E-state index in [1.165, 1.54) is 0 Å². The van der Waals surface area contributed by atoms with Gasteiger partial charge in [-0.15, -0.1) is 12.4 Å². The fourth-order valence-corrected chi connectivity index (χ4v) is 2.65. The maximum absolute atomic E-state index is 12.4. The summed E-state index contributed by atoms with van der Waals surface area (Å²) in [6.07, 6.45) is 0.0224. The zero-order valence-corrected chi connectivity index (χ0v) is 15.2. The van der Waals surface area contributed by atoms with Crippen molar-refractivity contribution in [2.75, 3.05) is 39.8 Å². The molecule has 134 valence electrons. The van der Waals surface area contributed by atoms with Crippen LogP contribution in [-0.4, -0.2) is 67.6 Å². The van der Waals surface area contributed by atoms with Crippen molar-refractivity contribution in [3.05, 3.63) is 34.9 Å². The number of piperazine rings is 1. The molecule has 2 N–H and O–H groups in total. The Bertz CT molecular complexity index is 542. The quantitative estimate of drug-likeness (QED) is 0.843. The Hall–Kier alpha value is -1.34. The van der Waals surface area contributed by atoms with E-state index < -0.39 is 0 Å². The number of methoxy groups -OCH3 is 1. The minimum atomic E-state index is -0.253. The topological polar surface area (TPSA) is 75.9 Å². The van der Waals surface area contributed by atoms with Crippen LogP contribution in [-0.2, 0) is 9.53 Å². The molecule has 2 rings (SSSR count). The molecule has 2 amide bonds. The number of carbonyl (C=O) groups excluding carboxylic acids is 2. The normalized spacial score (nSPS) is 15.6. The van der Waals surface area contributed by atoms with Crippen molar-refractivity contribution in [2.24, 2.45) is 5.73 Å². The fraction of sp³-hybridized carbons (Fsp3) is 0.500. The van der Waals surface area contributed by atoms with Crippen molar-refractivity contribution < 1.29 is 14.3 Å². The van der Waals surface area contributed by atoms with E-state index in [-0.39, 0.29) is 36.7 Å². The van der Waals surface area contributed by atoms with Crippen LogP contribution in [0.15, 0.2) is 24.3 Å². The summed E-state index contributed by atoms with van der Waals surface area (Å²) in [5, 5.41) is 0.601. The number of carbonyl (C=O) groups is 2. The van der Waals surface area contributed by atoms with Crippen molar-refractivity contribution in [2.45, 2.75) is 12.5 Å². The van der Waals surface area contributed by atoms with E-state index in [2.05, 4.69) is 0 Å². The van der Waals surface area contributed by atoms with E-state index in [1.807, 2.05) is 0 Å². The van der Waals surface area contributed by atoms with Gasteiger partial charge < -0.3 is 20.3 Å². The Morgan fingerprint density at radius 1 is 1.17 bits per heavy atom. The molecular formula is C16H23Cl2N3O3. The summed E-state index contributed by atoms with van der Waals surface area (Å²) >= 11 is 5.83. The second kappa shape index (κ2) is 9.84. The van der Waals surface area contributed by atoms with Crippen molar-refractivity contribution >= 4 is 35.8 Å². The van der Waals surface area contributed by atoms with Gasteiger partial charge in [-0.3, -0.25) is 9.59 Å². The van der Waals surface area contributed by atoms with Crippen LogP contribution >= 0.6 is 24.0 Å². The lowest BCUT2D eigenvalue weighted by Crippen LogP contribution is -2.51. The van der Waals surface area contributed by atoms with Crippen LogP contribution in [0.25, 0.3) is 0 Å². The van der Waals surface area contributed by atoms with Gasteiger partial charge in [0.2, 0.25) is 5.91 Å². The standard InChI is InChI=1S/C16H22ClN3O3.ClH/c1-23-14(11-18)10-15(21)19-6-8-20(9-7-19)16(22)12-2-4-13(17)5-3-12;/h2-5,14H,6-11,18H2,1H3;1H. The lowest BCUT2D eigenvalue weighted by atomic mass is 10.1. The van der Waals surface area contributed by atoms with E-state index >= 15 is 0 Å². The highest BCUT2D eigenvalue weighted by molar-refractivity contribution is 6.30. The SMILES string of the molecule is COC(CN)CC(=O)N1CCN(C(=O)c2ccc(Cl)cc2)CC1.Cl. The summed E-state index contributed by atoms with van der Waals surface area (Å²) in [6.45, 7) is 2.41. The molecule has 0 bridgehead atoms. The number of rotatable bonds is 5. The van der Waals surface area contributed by atoms with Crippen molar-refractivity contribution in [1.29, 1.82) is 0 Å². The predicted octanol–water partition coefficient (Wildman–Crippen LogP) is 1.41. The first kappa shape index (κ1) is 20.7. The average molecular weight is 376 g/mol. The molecule has 6 nitrogen and oxygen atoms in total. The lowest BCUT2D eigenvalue weighted by Gasteiger charge is -2.35. The molecule has 0 aliphatic carbocycles. The molecular weight excluding hydrogens is 353 g/mol. The third-order valence-electron chi connectivity index (χ3n) is 4.01. The number of hydrogen-bond donors (Lipinski definition) is 1. The van der Waals surface area contributed by atoms with Gasteiger partial charge >= 0.3 is 0 Å². The maximum Gasteiger partial charge on any atom is 0.253 e. The molecule has 1 atom stereocenters. The number of halogens is 2. The summed E-state index contributed by atoms with van der Waals surface area (Å²) in [7, 11) is 1.55. The highest BCUT2D eigenvalue weighted by Gasteiger charge is 2.26. The van der Waals surface area contributed by atoms with Gasteiger partial charge in [-0.2, -0.15) is 0 Å². The lowest BCUT2D eigenvalue weighted by molar-refractivity contribution is -0.135. The third kappa shape index (κ3) is 5.34. The number of ether oxygens (including phenoxy) is 1. The number of amides is 2. The van der Waals surface area contributed by atoms with Crippen molar-refractivity contribution in [3.63, 3.8) is 0 Å². The van der Waals surface area contributed by atoms with Crippen LogP contribution in [0.2, 0.25) is 5.02 Å². The smallest absolute Gasteiger partial charge is 0.253 e. The van der Waals surface area contributed by atoms with E-state index in [4.69, 9.17) is 22.1 Å². The summed E-state index contributed by atoms with van der Waals surface area (Å²) in [5.74, 6) is -0.0219. The van der Waals surface area contributed by atoms with Crippen LogP contribution in [0, 0.1) is 0 Å². The van der Waals surface area contributed by atoms with Crippen LogP contribution < -0.4 is 5.73 Å². The van der Waals surface area contributed by atoms with E-state index in [9.17, 15) is 9.59 Å². The maximum atomic E-state index is 12.4. The van der Waals surface area contributed by atoms with E-state index in [0.29, 0.717) is 43.3 Å². The molecule has 1 aromatic rings. The molecule has 1 aliphatic rings. The number of nitrogens with two attached hydrogens (primary N) is 1. The van der Waals surface area contributed by atoms with Crippen LogP contribution in [0.4, 0.5) is 0 Å². The predicted molar refractivity (Wildman–Crippen MR) is 95.7 cm³/mol. The average Bonchev–Trinajstić information content (AvgIpc) is 2.59. The molecule has 1 aromatic carbocycles. The summed E-state index contributed by atoms with van der Waals surface area (Å²) < 4.78 is 5.14. The Kier molecular flexibility index (Phi) is 8.48. The second-order valence-electron chi connectivity index (χ2n) is 5.48. The van der Waals surface area contributed by atoms with E-state index in [0.717, 1.165) is 0 Å². The summed E-state index contributed by atoms with van der Waals surface area (Å²) in [5.41, 5.74) is 6.15. The highest BCUT2D eigenvalue weighted by Crippen LogP contribution is 2.13. The summed E-state index contributed by atoms with van der Waals surface area (Å²) in [4.78, 5) is 28.1. The number of hydrogen-bond acceptors (Lipinski definition) is 4. The monoisotopic (exact) mass is 375 g/mol. The van der Waals surface area contributed by atoms with Crippen molar-refractivity contribution in [1.82, 2.24) is 9.80 Å². The highest BCUT2D eigenvalue weighted by atomic mass is 35.5. The molecule has 1 heterocycles. The molecule has 1 fully saturated rings. The first-order valence-electron chi connectivity index (χ1n) is 7.60. The Morgan fingerprint density at radius 2 is 1.71 bits per heavy atom. The third-order valence-corrected chi connectivity index (χ3v) is 4.26. The number of benzene rings is 1. The van der Waals surface area contributed by atoms with Gasteiger partial charge in [0.05, 0.1) is 12.5 Å². The first-order valence-corrected chi connectivity index (χ1v) is 7.98. The Morgan fingerprint density at radius 3 is 2.21 bits per heavy atom. The minimum absolute atomic E-state index is 0. The van der Waals surface area contributed by atoms with Crippen molar-refractivity contribution in [3.8, 4) is 0 Å². The Labute approximate surface area is 153 Å². The molecule has 0 radical (unpaired) electrons. The van der Waals surface area contributed by atoms with Gasteiger partial charge in [0.1, 0.15) is 0 Å². The zero-order valence-electron chi connectivity index (χ0n) is 13.6. The van der Waals surface area contributed by atoms with Gasteiger partial charge in [-0.25, -0.2) is 0 Å². The van der Waals surface area contributed by atoms with Gasteiger partial charge in [0, 0.05) is 50.4 Å². The van der Waals surface area contributed by atoms with Crippen LogP contribution in [0.3, 0.4) is 0 Å². The molecule has 0 saturated carbocycles. The van der Waals surface area contributed by atoms with E-state index in [1.54, 1.807) is 41.2 Å². The fourth-order valence-electron chi connectivity index (χ4n) is 2.52. The molecule has 8 heteroatoms. The summed E-state index contributed by atoms with van der Waals surface area (Å²) in [6, 6.07) is 6.83. The Balaban J connectivity index is 0.00000288. The largest absolute Gasteiger partial charge is 0.380 e. The van der Waals surface area contributed by atoms with Crippen LogP contribution in [0.1, 0.15) is 16.8 Å². The first-order chi connectivity index (χ1) is 11.0. The van der Waals surface area contributed by atoms with Crippen LogP contribution in [0.5, 0.6) is 0 Å². The molecule has 24 heavy (non-hydrogen) atoms. The number of nitrogens with zero attached hydrogens (tertiary/aromatic N) is 2. The van der Waals surface area contributed by atoms with Gasteiger partial charge in [0.25, 0.3) is 5.91 Å². The molecule has 1 unspecified atom stereocenters. The van der Waals surface area contributed by atoms with Gasteiger partial charge in [0.15, 0.2) is 0 Å².